The van der Waals surface area contributed by atoms with Crippen LogP contribution >= 0.6 is 0 Å². The average molecular weight is 389 g/mol. The number of carbonyl (C=O) groups is 2. The summed E-state index contributed by atoms with van der Waals surface area (Å²) in [6, 6.07) is 16.4. The zero-order valence-electron chi connectivity index (χ0n) is 16.6. The van der Waals surface area contributed by atoms with E-state index in [9.17, 15) is 9.59 Å². The summed E-state index contributed by atoms with van der Waals surface area (Å²) in [6.07, 6.45) is 3.17. The summed E-state index contributed by atoms with van der Waals surface area (Å²) >= 11 is 0. The molecule has 1 aromatic heterocycles. The van der Waals surface area contributed by atoms with Gasteiger partial charge in [-0.15, -0.1) is 0 Å². The van der Waals surface area contributed by atoms with E-state index in [-0.39, 0.29) is 5.91 Å². The van der Waals surface area contributed by atoms with Gasteiger partial charge in [0.05, 0.1) is 30.1 Å². The van der Waals surface area contributed by atoms with Crippen LogP contribution in [0.15, 0.2) is 67.0 Å². The summed E-state index contributed by atoms with van der Waals surface area (Å²) in [7, 11) is 1.31. The van der Waals surface area contributed by atoms with Gasteiger partial charge in [-0.2, -0.15) is 0 Å². The molecule has 0 unspecified atom stereocenters. The predicted octanol–water partition coefficient (Wildman–Crippen LogP) is 4.99. The SMILES string of the molecule is COC(=O)c1cccc(NC(=O)c2cncc(Nc3ccccc3C(C)C)c2)c1. The lowest BCUT2D eigenvalue weighted by molar-refractivity contribution is 0.0600. The molecule has 6 heteroatoms. The number of para-hydroxylation sites is 1. The summed E-state index contributed by atoms with van der Waals surface area (Å²) < 4.78 is 4.71. The van der Waals surface area contributed by atoms with Gasteiger partial charge in [-0.3, -0.25) is 9.78 Å². The van der Waals surface area contributed by atoms with Crippen molar-refractivity contribution in [1.29, 1.82) is 0 Å². The summed E-state index contributed by atoms with van der Waals surface area (Å²) in [5.74, 6) is -0.418. The van der Waals surface area contributed by atoms with Gasteiger partial charge in [0.15, 0.2) is 0 Å². The maximum atomic E-state index is 12.6. The molecule has 0 spiro atoms. The molecule has 0 atom stereocenters. The van der Waals surface area contributed by atoms with Gasteiger partial charge in [-0.05, 0) is 41.8 Å². The molecule has 3 rings (SSSR count). The van der Waals surface area contributed by atoms with Crippen LogP contribution in [0.4, 0.5) is 17.1 Å². The van der Waals surface area contributed by atoms with Gasteiger partial charge >= 0.3 is 5.97 Å². The number of nitrogens with one attached hydrogen (secondary N) is 2. The Hall–Kier alpha value is -3.67. The number of nitrogens with zero attached hydrogens (tertiary/aromatic N) is 1. The Bertz CT molecular complexity index is 1030. The number of esters is 1. The molecule has 3 aromatic rings. The summed E-state index contributed by atoms with van der Waals surface area (Å²) in [5.41, 5.74) is 4.15. The number of carbonyl (C=O) groups excluding carboxylic acids is 2. The minimum atomic E-state index is -0.460. The van der Waals surface area contributed by atoms with Gasteiger partial charge in [-0.25, -0.2) is 4.79 Å². The van der Waals surface area contributed by atoms with Gasteiger partial charge in [0, 0.05) is 17.6 Å². The van der Waals surface area contributed by atoms with Crippen LogP contribution in [-0.4, -0.2) is 24.0 Å². The minimum absolute atomic E-state index is 0.319. The molecule has 1 heterocycles. The molecule has 0 aliphatic carbocycles. The first-order chi connectivity index (χ1) is 14.0. The molecule has 0 saturated carbocycles. The Kier molecular flexibility index (Phi) is 6.24. The topological polar surface area (TPSA) is 80.3 Å². The fraction of sp³-hybridized carbons (Fsp3) is 0.174. The Morgan fingerprint density at radius 3 is 2.45 bits per heavy atom. The number of ether oxygens (including phenoxy) is 1. The molecule has 0 radical (unpaired) electrons. The lowest BCUT2D eigenvalue weighted by Gasteiger charge is -2.15. The van der Waals surface area contributed by atoms with Crippen LogP contribution in [0, 0.1) is 0 Å². The summed E-state index contributed by atoms with van der Waals surface area (Å²) in [4.78, 5) is 28.5. The molecule has 6 nitrogen and oxygen atoms in total. The van der Waals surface area contributed by atoms with E-state index in [0.717, 1.165) is 5.69 Å². The number of hydrogen-bond donors (Lipinski definition) is 2. The number of hydrogen-bond acceptors (Lipinski definition) is 5. The van der Waals surface area contributed by atoms with Crippen LogP contribution in [0.5, 0.6) is 0 Å². The predicted molar refractivity (Wildman–Crippen MR) is 114 cm³/mol. The Morgan fingerprint density at radius 2 is 1.69 bits per heavy atom. The zero-order valence-corrected chi connectivity index (χ0v) is 16.6. The third kappa shape index (κ3) is 4.99. The van der Waals surface area contributed by atoms with Crippen molar-refractivity contribution >= 4 is 28.9 Å². The second kappa shape index (κ2) is 9.01. The Morgan fingerprint density at radius 1 is 0.931 bits per heavy atom. The first-order valence-electron chi connectivity index (χ1n) is 9.28. The lowest BCUT2D eigenvalue weighted by atomic mass is 10.0. The minimum Gasteiger partial charge on any atom is -0.465 e. The maximum Gasteiger partial charge on any atom is 0.337 e. The van der Waals surface area contributed by atoms with E-state index in [4.69, 9.17) is 4.74 Å². The molecule has 0 saturated heterocycles. The Balaban J connectivity index is 1.78. The highest BCUT2D eigenvalue weighted by atomic mass is 16.5. The molecule has 0 bridgehead atoms. The van der Waals surface area contributed by atoms with E-state index in [1.165, 1.54) is 18.9 Å². The number of rotatable bonds is 6. The number of anilines is 3. The molecular formula is C23H23N3O3. The van der Waals surface area contributed by atoms with E-state index < -0.39 is 5.97 Å². The normalized spacial score (nSPS) is 10.5. The summed E-state index contributed by atoms with van der Waals surface area (Å²) in [5, 5.41) is 6.12. The van der Waals surface area contributed by atoms with Crippen LogP contribution in [0.3, 0.4) is 0 Å². The smallest absolute Gasteiger partial charge is 0.337 e. The first kappa shape index (κ1) is 20.1. The van der Waals surface area contributed by atoms with E-state index >= 15 is 0 Å². The highest BCUT2D eigenvalue weighted by molar-refractivity contribution is 6.05. The van der Waals surface area contributed by atoms with E-state index in [1.807, 2.05) is 18.2 Å². The van der Waals surface area contributed by atoms with Gasteiger partial charge in [0.1, 0.15) is 0 Å². The van der Waals surface area contributed by atoms with E-state index in [0.29, 0.717) is 28.4 Å². The third-order valence-electron chi connectivity index (χ3n) is 4.40. The zero-order chi connectivity index (χ0) is 20.8. The first-order valence-corrected chi connectivity index (χ1v) is 9.28. The van der Waals surface area contributed by atoms with E-state index in [1.54, 1.807) is 36.5 Å². The second-order valence-corrected chi connectivity index (χ2v) is 6.86. The van der Waals surface area contributed by atoms with Crippen molar-refractivity contribution < 1.29 is 14.3 Å². The van der Waals surface area contributed by atoms with Crippen LogP contribution in [0.2, 0.25) is 0 Å². The fourth-order valence-electron chi connectivity index (χ4n) is 2.95. The molecule has 0 aliphatic heterocycles. The van der Waals surface area contributed by atoms with E-state index in [2.05, 4.69) is 35.5 Å². The van der Waals surface area contributed by atoms with Gasteiger partial charge < -0.3 is 15.4 Å². The molecular weight excluding hydrogens is 366 g/mol. The van der Waals surface area contributed by atoms with Crippen LogP contribution in [0.1, 0.15) is 46.0 Å². The van der Waals surface area contributed by atoms with Gasteiger partial charge in [-0.1, -0.05) is 38.1 Å². The Labute approximate surface area is 169 Å². The molecule has 29 heavy (non-hydrogen) atoms. The highest BCUT2D eigenvalue weighted by Gasteiger charge is 2.11. The summed E-state index contributed by atoms with van der Waals surface area (Å²) in [6.45, 7) is 4.26. The second-order valence-electron chi connectivity index (χ2n) is 6.86. The lowest BCUT2D eigenvalue weighted by Crippen LogP contribution is -2.13. The number of benzene rings is 2. The average Bonchev–Trinajstić information content (AvgIpc) is 2.73. The van der Waals surface area contributed by atoms with Crippen LogP contribution < -0.4 is 10.6 Å². The molecule has 1 amide bonds. The number of amides is 1. The molecule has 148 valence electrons. The van der Waals surface area contributed by atoms with Crippen molar-refractivity contribution in [2.24, 2.45) is 0 Å². The molecule has 0 fully saturated rings. The highest BCUT2D eigenvalue weighted by Crippen LogP contribution is 2.27. The van der Waals surface area contributed by atoms with Crippen molar-refractivity contribution in [1.82, 2.24) is 4.98 Å². The molecule has 2 N–H and O–H groups in total. The van der Waals surface area contributed by atoms with Crippen LogP contribution in [-0.2, 0) is 4.74 Å². The number of aromatic nitrogens is 1. The largest absolute Gasteiger partial charge is 0.465 e. The van der Waals surface area contributed by atoms with Gasteiger partial charge in [0.2, 0.25) is 0 Å². The van der Waals surface area contributed by atoms with Gasteiger partial charge in [0.25, 0.3) is 5.91 Å². The third-order valence-corrected chi connectivity index (χ3v) is 4.40. The van der Waals surface area contributed by atoms with Crippen molar-refractivity contribution in [2.45, 2.75) is 19.8 Å². The maximum absolute atomic E-state index is 12.6. The standard InChI is InChI=1S/C23H23N3O3/c1-15(2)20-9-4-5-10-21(20)25-19-12-17(13-24-14-19)22(27)26-18-8-6-7-16(11-18)23(28)29-3/h4-15,25H,1-3H3,(H,26,27). The molecule has 0 aliphatic rings. The number of methoxy groups -OCH3 is 1. The van der Waals surface area contributed by atoms with Crippen LogP contribution in [0.25, 0.3) is 0 Å². The monoisotopic (exact) mass is 389 g/mol. The van der Waals surface area contributed by atoms with Crippen molar-refractivity contribution in [3.05, 3.63) is 83.7 Å². The molecule has 2 aromatic carbocycles. The van der Waals surface area contributed by atoms with Crippen molar-refractivity contribution in [2.75, 3.05) is 17.7 Å². The fourth-order valence-corrected chi connectivity index (χ4v) is 2.95. The quantitative estimate of drug-likeness (QED) is 0.581. The van der Waals surface area contributed by atoms with Crippen molar-refractivity contribution in [3.8, 4) is 0 Å². The number of pyridine rings is 1. The van der Waals surface area contributed by atoms with Crippen molar-refractivity contribution in [3.63, 3.8) is 0 Å².